The molecule has 0 saturated carbocycles. The first-order valence-corrected chi connectivity index (χ1v) is 9.54. The van der Waals surface area contributed by atoms with Crippen LogP contribution in [0.4, 0.5) is 4.39 Å². The summed E-state index contributed by atoms with van der Waals surface area (Å²) in [5.74, 6) is -1.16. The highest BCUT2D eigenvalue weighted by Crippen LogP contribution is 2.11. The van der Waals surface area contributed by atoms with E-state index in [1.165, 1.54) is 18.2 Å². The van der Waals surface area contributed by atoms with E-state index in [1.807, 2.05) is 19.9 Å². The van der Waals surface area contributed by atoms with Gasteiger partial charge in [-0.1, -0.05) is 18.2 Å². The van der Waals surface area contributed by atoms with Crippen LogP contribution in [0.15, 0.2) is 52.1 Å². The molecule has 0 atom stereocenters. The third kappa shape index (κ3) is 4.53. The molecule has 1 amide bonds. The lowest BCUT2D eigenvalue weighted by atomic mass is 10.1. The van der Waals surface area contributed by atoms with Crippen LogP contribution in [0.3, 0.4) is 0 Å². The quantitative estimate of drug-likeness (QED) is 0.700. The molecular formula is C22H23FN4O3. The van der Waals surface area contributed by atoms with Crippen molar-refractivity contribution in [3.05, 3.63) is 91.5 Å². The van der Waals surface area contributed by atoms with Crippen LogP contribution in [-0.4, -0.2) is 26.3 Å². The predicted octanol–water partition coefficient (Wildman–Crippen LogP) is 2.34. The maximum absolute atomic E-state index is 13.6. The molecule has 0 aliphatic carbocycles. The number of benzene rings is 2. The van der Waals surface area contributed by atoms with Gasteiger partial charge in [-0.05, 0) is 68.7 Å². The van der Waals surface area contributed by atoms with Crippen LogP contribution in [-0.2, 0) is 6.54 Å². The lowest BCUT2D eigenvalue weighted by Crippen LogP contribution is -2.46. The van der Waals surface area contributed by atoms with Crippen LogP contribution in [0.2, 0.25) is 0 Å². The molecule has 0 bridgehead atoms. The van der Waals surface area contributed by atoms with Gasteiger partial charge in [0.2, 0.25) is 5.69 Å². The molecule has 2 aromatic carbocycles. The Balaban J connectivity index is 2.25. The molecule has 0 aliphatic rings. The average molecular weight is 410 g/mol. The smallest absolute Gasteiger partial charge is 0.348 e. The third-order valence-electron chi connectivity index (χ3n) is 4.38. The van der Waals surface area contributed by atoms with Crippen molar-refractivity contribution in [1.29, 1.82) is 0 Å². The van der Waals surface area contributed by atoms with Crippen molar-refractivity contribution in [3.8, 4) is 5.69 Å². The van der Waals surface area contributed by atoms with Crippen molar-refractivity contribution in [2.75, 3.05) is 0 Å². The summed E-state index contributed by atoms with van der Waals surface area (Å²) < 4.78 is 15.5. The number of halogens is 1. The number of hydrogen-bond donors (Lipinski definition) is 1. The maximum Gasteiger partial charge on any atom is 0.352 e. The van der Waals surface area contributed by atoms with Gasteiger partial charge in [0.05, 0.1) is 12.2 Å². The Morgan fingerprint density at radius 1 is 1.10 bits per heavy atom. The minimum absolute atomic E-state index is 0.190. The van der Waals surface area contributed by atoms with E-state index in [1.54, 1.807) is 32.0 Å². The fourth-order valence-electron chi connectivity index (χ4n) is 3.19. The van der Waals surface area contributed by atoms with Crippen molar-refractivity contribution in [2.45, 2.75) is 40.3 Å². The molecule has 7 nitrogen and oxygen atoms in total. The van der Waals surface area contributed by atoms with Crippen molar-refractivity contribution in [1.82, 2.24) is 19.7 Å². The fraction of sp³-hybridized carbons (Fsp3) is 0.273. The van der Waals surface area contributed by atoms with Crippen molar-refractivity contribution in [3.63, 3.8) is 0 Å². The van der Waals surface area contributed by atoms with Crippen LogP contribution < -0.4 is 16.6 Å². The molecule has 1 heterocycles. The zero-order chi connectivity index (χ0) is 22.0. The van der Waals surface area contributed by atoms with Gasteiger partial charge in [-0.15, -0.1) is 0 Å². The second-order valence-electron chi connectivity index (χ2n) is 7.54. The Labute approximate surface area is 172 Å². The van der Waals surface area contributed by atoms with Gasteiger partial charge in [-0.3, -0.25) is 14.2 Å². The predicted molar refractivity (Wildman–Crippen MR) is 112 cm³/mol. The van der Waals surface area contributed by atoms with Crippen LogP contribution in [0, 0.1) is 19.7 Å². The van der Waals surface area contributed by atoms with Gasteiger partial charge in [0.25, 0.3) is 11.5 Å². The van der Waals surface area contributed by atoms with Crippen LogP contribution in [0.1, 0.15) is 41.0 Å². The monoisotopic (exact) mass is 410 g/mol. The summed E-state index contributed by atoms with van der Waals surface area (Å²) in [6.07, 6.45) is 0. The van der Waals surface area contributed by atoms with Crippen LogP contribution in [0.25, 0.3) is 5.69 Å². The molecule has 1 N–H and O–H groups in total. The molecule has 8 heteroatoms. The average Bonchev–Trinajstić information content (AvgIpc) is 2.64. The first-order valence-electron chi connectivity index (χ1n) is 9.54. The Morgan fingerprint density at radius 3 is 2.37 bits per heavy atom. The minimum Gasteiger partial charge on any atom is -0.348 e. The van der Waals surface area contributed by atoms with Gasteiger partial charge in [-0.25, -0.2) is 9.18 Å². The normalized spacial score (nSPS) is 11.0. The van der Waals surface area contributed by atoms with E-state index >= 15 is 0 Å². The van der Waals surface area contributed by atoms with Gasteiger partial charge in [0.1, 0.15) is 5.82 Å². The Hall–Kier alpha value is -3.55. The molecule has 0 spiro atoms. The molecular weight excluding hydrogens is 387 g/mol. The summed E-state index contributed by atoms with van der Waals surface area (Å²) in [7, 11) is 0. The van der Waals surface area contributed by atoms with Crippen molar-refractivity contribution in [2.24, 2.45) is 0 Å². The molecule has 0 unspecified atom stereocenters. The fourth-order valence-corrected chi connectivity index (χ4v) is 3.19. The van der Waals surface area contributed by atoms with E-state index in [9.17, 15) is 18.8 Å². The highest BCUT2D eigenvalue weighted by molar-refractivity contribution is 5.91. The number of nitrogens with zero attached hydrogens (tertiary/aromatic N) is 3. The highest BCUT2D eigenvalue weighted by atomic mass is 19.1. The lowest BCUT2D eigenvalue weighted by Gasteiger charge is -2.14. The number of hydrogen-bond acceptors (Lipinski definition) is 4. The van der Waals surface area contributed by atoms with Crippen LogP contribution in [0.5, 0.6) is 0 Å². The lowest BCUT2D eigenvalue weighted by molar-refractivity contribution is 0.0933. The summed E-state index contributed by atoms with van der Waals surface area (Å²) >= 11 is 0. The number of carbonyl (C=O) groups is 1. The summed E-state index contributed by atoms with van der Waals surface area (Å²) in [6.45, 7) is 7.06. The summed E-state index contributed by atoms with van der Waals surface area (Å²) in [5.41, 5.74) is 0.702. The largest absolute Gasteiger partial charge is 0.352 e. The standard InChI is InChI=1S/C22H23FN4O3/c1-13(2)24-20(28)19-21(29)26(12-16-6-5-7-17(23)11-16)22(30)27(25-19)18-9-14(3)8-15(4)10-18/h5-11,13H,12H2,1-4H3,(H,24,28). The van der Waals surface area contributed by atoms with E-state index in [4.69, 9.17) is 0 Å². The SMILES string of the molecule is Cc1cc(C)cc(-n2nc(C(=O)NC(C)C)c(=O)n(Cc3cccc(F)c3)c2=O)c1. The third-order valence-corrected chi connectivity index (χ3v) is 4.38. The molecule has 0 fully saturated rings. The maximum atomic E-state index is 13.6. The molecule has 30 heavy (non-hydrogen) atoms. The Morgan fingerprint density at radius 2 is 1.77 bits per heavy atom. The zero-order valence-corrected chi connectivity index (χ0v) is 17.3. The van der Waals surface area contributed by atoms with E-state index in [2.05, 4.69) is 10.4 Å². The molecule has 0 saturated heterocycles. The van der Waals surface area contributed by atoms with E-state index in [0.29, 0.717) is 11.3 Å². The first kappa shape index (κ1) is 21.2. The summed E-state index contributed by atoms with van der Waals surface area (Å²) in [6, 6.07) is 10.8. The van der Waals surface area contributed by atoms with E-state index in [0.717, 1.165) is 20.4 Å². The molecule has 3 aromatic rings. The molecule has 156 valence electrons. The van der Waals surface area contributed by atoms with Crippen molar-refractivity contribution < 1.29 is 9.18 Å². The summed E-state index contributed by atoms with van der Waals surface area (Å²) in [4.78, 5) is 38.7. The highest BCUT2D eigenvalue weighted by Gasteiger charge is 2.21. The number of aryl methyl sites for hydroxylation is 2. The van der Waals surface area contributed by atoms with Crippen molar-refractivity contribution >= 4 is 5.91 Å². The molecule has 3 rings (SSSR count). The van der Waals surface area contributed by atoms with Gasteiger partial charge in [0.15, 0.2) is 0 Å². The topological polar surface area (TPSA) is 86.0 Å². The number of aromatic nitrogens is 3. The number of amides is 1. The van der Waals surface area contributed by atoms with Gasteiger partial charge in [-0.2, -0.15) is 9.78 Å². The van der Waals surface area contributed by atoms with E-state index in [-0.39, 0.29) is 12.6 Å². The zero-order valence-electron chi connectivity index (χ0n) is 17.3. The second-order valence-corrected chi connectivity index (χ2v) is 7.54. The van der Waals surface area contributed by atoms with Gasteiger partial charge < -0.3 is 5.32 Å². The second kappa shape index (κ2) is 8.44. The number of nitrogens with one attached hydrogen (secondary N) is 1. The number of rotatable bonds is 5. The number of carbonyl (C=O) groups excluding carboxylic acids is 1. The molecule has 0 radical (unpaired) electrons. The molecule has 0 aliphatic heterocycles. The first-order chi connectivity index (χ1) is 14.2. The minimum atomic E-state index is -0.831. The van der Waals surface area contributed by atoms with Gasteiger partial charge >= 0.3 is 5.69 Å². The molecule has 1 aromatic heterocycles. The summed E-state index contributed by atoms with van der Waals surface area (Å²) in [5, 5.41) is 6.71. The Kier molecular flexibility index (Phi) is 5.96. The van der Waals surface area contributed by atoms with Crippen LogP contribution >= 0.6 is 0 Å². The Bertz CT molecular complexity index is 1210. The van der Waals surface area contributed by atoms with Gasteiger partial charge in [0, 0.05) is 6.04 Å². The van der Waals surface area contributed by atoms with E-state index < -0.39 is 28.7 Å².